The minimum absolute atomic E-state index is 0.00949. The van der Waals surface area contributed by atoms with Crippen LogP contribution in [0, 0.1) is 0 Å². The van der Waals surface area contributed by atoms with E-state index in [-0.39, 0.29) is 17.4 Å². The summed E-state index contributed by atoms with van der Waals surface area (Å²) in [7, 11) is -2.50. The summed E-state index contributed by atoms with van der Waals surface area (Å²) in [6, 6.07) is 21.5. The van der Waals surface area contributed by atoms with E-state index in [0.717, 1.165) is 19.4 Å². The Hall–Kier alpha value is -1.46. The molecule has 1 aliphatic heterocycles. The van der Waals surface area contributed by atoms with Gasteiger partial charge in [0.2, 0.25) is 0 Å². The van der Waals surface area contributed by atoms with Crippen molar-refractivity contribution in [2.75, 3.05) is 13.2 Å². The number of hydrogen-bond donors (Lipinski definition) is 0. The third kappa shape index (κ3) is 4.74. The standard InChI is InChI=1S/C24H34O3Si/c1-20(27-23-17-11-12-18-25-23)19-26-28(24(2,3)4,21-13-7-5-8-14-21)22-15-9-6-10-16-22/h5-10,13-16,20,23H,11-12,17-19H2,1-4H3/t20-,23?/m1/s1. The van der Waals surface area contributed by atoms with Crippen LogP contribution >= 0.6 is 0 Å². The first kappa shape index (κ1) is 21.3. The Morgan fingerprint density at radius 3 is 2.00 bits per heavy atom. The van der Waals surface area contributed by atoms with Crippen LogP contribution in [0.4, 0.5) is 0 Å². The van der Waals surface area contributed by atoms with E-state index in [9.17, 15) is 0 Å². The Morgan fingerprint density at radius 1 is 0.964 bits per heavy atom. The molecule has 28 heavy (non-hydrogen) atoms. The van der Waals surface area contributed by atoms with Gasteiger partial charge in [-0.2, -0.15) is 0 Å². The van der Waals surface area contributed by atoms with Crippen molar-refractivity contribution in [2.45, 2.75) is 64.4 Å². The second-order valence-corrected chi connectivity index (χ2v) is 13.0. The Labute approximate surface area is 171 Å². The summed E-state index contributed by atoms with van der Waals surface area (Å²) >= 11 is 0. The van der Waals surface area contributed by atoms with Crippen molar-refractivity contribution in [3.63, 3.8) is 0 Å². The molecule has 0 saturated carbocycles. The Bertz CT molecular complexity index is 666. The highest BCUT2D eigenvalue weighted by Crippen LogP contribution is 2.36. The van der Waals surface area contributed by atoms with E-state index in [2.05, 4.69) is 88.4 Å². The lowest BCUT2D eigenvalue weighted by molar-refractivity contribution is -0.189. The van der Waals surface area contributed by atoms with Crippen molar-refractivity contribution in [1.29, 1.82) is 0 Å². The fourth-order valence-electron chi connectivity index (χ4n) is 4.12. The molecular weight excluding hydrogens is 364 g/mol. The summed E-state index contributed by atoms with van der Waals surface area (Å²) in [5, 5.41) is 2.58. The molecule has 0 aliphatic carbocycles. The van der Waals surface area contributed by atoms with Gasteiger partial charge in [0.15, 0.2) is 6.29 Å². The number of benzene rings is 2. The molecule has 152 valence electrons. The lowest BCUT2D eigenvalue weighted by Gasteiger charge is -2.43. The summed E-state index contributed by atoms with van der Waals surface area (Å²) in [5.41, 5.74) is 0. The molecule has 0 radical (unpaired) electrons. The quantitative estimate of drug-likeness (QED) is 0.643. The SMILES string of the molecule is C[C@H](CO[Si](c1ccccc1)(c1ccccc1)C(C)(C)C)OC1CCCCO1. The van der Waals surface area contributed by atoms with E-state index >= 15 is 0 Å². The van der Waals surface area contributed by atoms with Crippen LogP contribution in [0.5, 0.6) is 0 Å². The molecule has 0 aromatic heterocycles. The average molecular weight is 399 g/mol. The molecule has 1 fully saturated rings. The molecule has 1 saturated heterocycles. The molecule has 0 amide bonds. The molecule has 3 rings (SSSR count). The maximum Gasteiger partial charge on any atom is 0.261 e. The van der Waals surface area contributed by atoms with Gasteiger partial charge < -0.3 is 13.9 Å². The first-order valence-corrected chi connectivity index (χ1v) is 12.4. The van der Waals surface area contributed by atoms with Crippen LogP contribution in [-0.2, 0) is 13.9 Å². The molecule has 2 atom stereocenters. The lowest BCUT2D eigenvalue weighted by Crippen LogP contribution is -2.67. The van der Waals surface area contributed by atoms with Gasteiger partial charge in [0.25, 0.3) is 8.32 Å². The zero-order chi connectivity index (χ0) is 20.0. The van der Waals surface area contributed by atoms with Gasteiger partial charge in [-0.25, -0.2) is 0 Å². The van der Waals surface area contributed by atoms with Gasteiger partial charge in [0, 0.05) is 6.61 Å². The van der Waals surface area contributed by atoms with Gasteiger partial charge in [-0.15, -0.1) is 0 Å². The minimum Gasteiger partial charge on any atom is -0.405 e. The van der Waals surface area contributed by atoms with Crippen LogP contribution in [0.3, 0.4) is 0 Å². The Morgan fingerprint density at radius 2 is 1.54 bits per heavy atom. The van der Waals surface area contributed by atoms with E-state index in [1.165, 1.54) is 16.8 Å². The maximum atomic E-state index is 6.93. The third-order valence-corrected chi connectivity index (χ3v) is 10.5. The van der Waals surface area contributed by atoms with E-state index in [1.54, 1.807) is 0 Å². The number of hydrogen-bond acceptors (Lipinski definition) is 3. The van der Waals surface area contributed by atoms with E-state index < -0.39 is 8.32 Å². The maximum absolute atomic E-state index is 6.93. The highest BCUT2D eigenvalue weighted by Gasteiger charge is 2.50. The molecule has 0 bridgehead atoms. The van der Waals surface area contributed by atoms with Crippen LogP contribution in [0.15, 0.2) is 60.7 Å². The molecule has 2 aromatic carbocycles. The van der Waals surface area contributed by atoms with Gasteiger partial charge in [-0.1, -0.05) is 81.4 Å². The molecule has 3 nitrogen and oxygen atoms in total. The van der Waals surface area contributed by atoms with Crippen molar-refractivity contribution in [3.05, 3.63) is 60.7 Å². The minimum atomic E-state index is -2.50. The zero-order valence-electron chi connectivity index (χ0n) is 17.7. The van der Waals surface area contributed by atoms with Gasteiger partial charge in [-0.3, -0.25) is 0 Å². The highest BCUT2D eigenvalue weighted by atomic mass is 28.4. The normalized spacial score (nSPS) is 19.4. The first-order chi connectivity index (χ1) is 13.4. The van der Waals surface area contributed by atoms with Gasteiger partial charge in [-0.05, 0) is 41.6 Å². The molecule has 4 heteroatoms. The van der Waals surface area contributed by atoms with E-state index in [1.807, 2.05) is 0 Å². The van der Waals surface area contributed by atoms with Crippen molar-refractivity contribution >= 4 is 18.7 Å². The molecule has 1 heterocycles. The average Bonchev–Trinajstić information content (AvgIpc) is 2.70. The third-order valence-electron chi connectivity index (χ3n) is 5.47. The predicted octanol–water partition coefficient (Wildman–Crippen LogP) is 4.49. The molecule has 1 unspecified atom stereocenters. The van der Waals surface area contributed by atoms with E-state index in [0.29, 0.717) is 6.61 Å². The van der Waals surface area contributed by atoms with Gasteiger partial charge in [0.05, 0.1) is 12.7 Å². The molecule has 2 aromatic rings. The number of ether oxygens (including phenoxy) is 2. The van der Waals surface area contributed by atoms with Crippen LogP contribution in [0.1, 0.15) is 47.0 Å². The van der Waals surface area contributed by atoms with Gasteiger partial charge >= 0.3 is 0 Å². The summed E-state index contributed by atoms with van der Waals surface area (Å²) < 4.78 is 18.8. The topological polar surface area (TPSA) is 27.7 Å². The highest BCUT2D eigenvalue weighted by molar-refractivity contribution is 6.99. The van der Waals surface area contributed by atoms with E-state index in [4.69, 9.17) is 13.9 Å². The van der Waals surface area contributed by atoms with Crippen molar-refractivity contribution in [3.8, 4) is 0 Å². The smallest absolute Gasteiger partial charge is 0.261 e. The second kappa shape index (κ2) is 9.36. The summed E-state index contributed by atoms with van der Waals surface area (Å²) in [4.78, 5) is 0. The molecule has 1 aliphatic rings. The van der Waals surface area contributed by atoms with Crippen molar-refractivity contribution in [1.82, 2.24) is 0 Å². The van der Waals surface area contributed by atoms with Crippen LogP contribution < -0.4 is 10.4 Å². The molecule has 0 spiro atoms. The zero-order valence-corrected chi connectivity index (χ0v) is 18.7. The molecular formula is C24H34O3Si. The number of rotatable bonds is 7. The fourth-order valence-corrected chi connectivity index (χ4v) is 8.76. The van der Waals surface area contributed by atoms with Crippen molar-refractivity contribution < 1.29 is 13.9 Å². The predicted molar refractivity (Wildman–Crippen MR) is 118 cm³/mol. The Kier molecular flexibility index (Phi) is 7.10. The monoisotopic (exact) mass is 398 g/mol. The van der Waals surface area contributed by atoms with Crippen LogP contribution in [-0.4, -0.2) is 33.9 Å². The van der Waals surface area contributed by atoms with Crippen LogP contribution in [0.25, 0.3) is 0 Å². The Balaban J connectivity index is 1.87. The second-order valence-electron chi connectivity index (χ2n) is 8.72. The lowest BCUT2D eigenvalue weighted by atomic mass is 10.2. The summed E-state index contributed by atoms with van der Waals surface area (Å²) in [5.74, 6) is 0. The van der Waals surface area contributed by atoms with Crippen molar-refractivity contribution in [2.24, 2.45) is 0 Å². The largest absolute Gasteiger partial charge is 0.405 e. The first-order valence-electron chi connectivity index (χ1n) is 10.5. The fraction of sp³-hybridized carbons (Fsp3) is 0.500. The van der Waals surface area contributed by atoms with Crippen LogP contribution in [0.2, 0.25) is 5.04 Å². The summed E-state index contributed by atoms with van der Waals surface area (Å²) in [6.45, 7) is 10.4. The molecule has 0 N–H and O–H groups in total. The van der Waals surface area contributed by atoms with Gasteiger partial charge in [0.1, 0.15) is 0 Å². The summed E-state index contributed by atoms with van der Waals surface area (Å²) in [6.07, 6.45) is 3.18.